The van der Waals surface area contributed by atoms with Gasteiger partial charge in [-0.3, -0.25) is 4.79 Å². The van der Waals surface area contributed by atoms with Crippen LogP contribution in [0, 0.1) is 5.92 Å². The highest BCUT2D eigenvalue weighted by molar-refractivity contribution is 5.80. The topological polar surface area (TPSA) is 46.3 Å². The summed E-state index contributed by atoms with van der Waals surface area (Å²) in [4.78, 5) is 14.4. The molecule has 3 nitrogen and oxygen atoms in total. The van der Waals surface area contributed by atoms with E-state index in [0.29, 0.717) is 5.91 Å². The largest absolute Gasteiger partial charge is 0.335 e. The summed E-state index contributed by atoms with van der Waals surface area (Å²) >= 11 is 0. The molecule has 3 atom stereocenters. The Labute approximate surface area is 108 Å². The first-order valence-electron chi connectivity index (χ1n) is 6.83. The van der Waals surface area contributed by atoms with Crippen molar-refractivity contribution in [1.82, 2.24) is 4.90 Å². The van der Waals surface area contributed by atoms with E-state index in [2.05, 4.69) is 17.0 Å². The number of carbonyl (C=O) groups is 1. The van der Waals surface area contributed by atoms with E-state index >= 15 is 0 Å². The second kappa shape index (κ2) is 4.39. The van der Waals surface area contributed by atoms with Crippen LogP contribution in [0.15, 0.2) is 24.3 Å². The van der Waals surface area contributed by atoms with Gasteiger partial charge in [0.05, 0.1) is 6.04 Å². The molecule has 3 rings (SSSR count). The van der Waals surface area contributed by atoms with Crippen LogP contribution in [0.3, 0.4) is 0 Å². The predicted molar refractivity (Wildman–Crippen MR) is 70.8 cm³/mol. The van der Waals surface area contributed by atoms with Crippen LogP contribution < -0.4 is 5.73 Å². The summed E-state index contributed by atoms with van der Waals surface area (Å²) in [7, 11) is 0. The van der Waals surface area contributed by atoms with Crippen LogP contribution in [0.2, 0.25) is 0 Å². The molecule has 0 aromatic heterocycles. The lowest BCUT2D eigenvalue weighted by atomic mass is 9.96. The monoisotopic (exact) mass is 244 g/mol. The van der Waals surface area contributed by atoms with Crippen LogP contribution in [0.4, 0.5) is 0 Å². The van der Waals surface area contributed by atoms with Gasteiger partial charge in [0.15, 0.2) is 0 Å². The maximum atomic E-state index is 12.3. The number of hydrogen-bond donors (Lipinski definition) is 1. The van der Waals surface area contributed by atoms with Crippen molar-refractivity contribution in [2.75, 3.05) is 6.54 Å². The van der Waals surface area contributed by atoms with Crippen molar-refractivity contribution in [3.8, 4) is 0 Å². The summed E-state index contributed by atoms with van der Waals surface area (Å²) in [6.45, 7) is 2.92. The fraction of sp³-hybridized carbons (Fsp3) is 0.533. The number of piperidine rings is 1. The average Bonchev–Trinajstić information content (AvgIpc) is 2.71. The van der Waals surface area contributed by atoms with Crippen LogP contribution in [-0.2, 0) is 4.79 Å². The SMILES string of the molecule is CC1CCCN(C2CC(N)c3ccccc32)C1=O. The highest BCUT2D eigenvalue weighted by atomic mass is 16.2. The lowest BCUT2D eigenvalue weighted by molar-refractivity contribution is -0.140. The summed E-state index contributed by atoms with van der Waals surface area (Å²) in [6, 6.07) is 8.57. The zero-order valence-corrected chi connectivity index (χ0v) is 10.8. The molecule has 3 heteroatoms. The van der Waals surface area contributed by atoms with Gasteiger partial charge in [0, 0.05) is 18.5 Å². The van der Waals surface area contributed by atoms with Crippen molar-refractivity contribution in [3.63, 3.8) is 0 Å². The molecule has 3 unspecified atom stereocenters. The number of carbonyl (C=O) groups excluding carboxylic acids is 1. The van der Waals surface area contributed by atoms with E-state index in [1.165, 1.54) is 11.1 Å². The number of nitrogens with zero attached hydrogens (tertiary/aromatic N) is 1. The van der Waals surface area contributed by atoms with Gasteiger partial charge in [-0.2, -0.15) is 0 Å². The molecule has 0 spiro atoms. The quantitative estimate of drug-likeness (QED) is 0.824. The average molecular weight is 244 g/mol. The smallest absolute Gasteiger partial charge is 0.225 e. The van der Waals surface area contributed by atoms with Crippen LogP contribution in [-0.4, -0.2) is 17.4 Å². The summed E-state index contributed by atoms with van der Waals surface area (Å²) in [6.07, 6.45) is 3.01. The molecule has 1 aromatic rings. The van der Waals surface area contributed by atoms with E-state index in [9.17, 15) is 4.79 Å². The number of fused-ring (bicyclic) bond motifs is 1. The third-order valence-electron chi connectivity index (χ3n) is 4.35. The summed E-state index contributed by atoms with van der Waals surface area (Å²) < 4.78 is 0. The number of rotatable bonds is 1. The van der Waals surface area contributed by atoms with E-state index in [0.717, 1.165) is 25.8 Å². The minimum atomic E-state index is 0.0798. The number of nitrogens with two attached hydrogens (primary N) is 1. The Kier molecular flexibility index (Phi) is 2.86. The maximum absolute atomic E-state index is 12.3. The van der Waals surface area contributed by atoms with Gasteiger partial charge in [-0.05, 0) is 30.4 Å². The molecule has 1 aromatic carbocycles. The standard InChI is InChI=1S/C15H20N2O/c1-10-5-4-8-17(15(10)18)14-9-13(16)11-6-2-3-7-12(11)14/h2-3,6-7,10,13-14H,4-5,8-9,16H2,1H3. The fourth-order valence-electron chi connectivity index (χ4n) is 3.34. The zero-order chi connectivity index (χ0) is 12.7. The molecular weight excluding hydrogens is 224 g/mol. The predicted octanol–water partition coefficient (Wildman–Crippen LogP) is 2.39. The van der Waals surface area contributed by atoms with Crippen molar-refractivity contribution in [1.29, 1.82) is 0 Å². The number of amides is 1. The normalized spacial score (nSPS) is 31.6. The van der Waals surface area contributed by atoms with E-state index in [1.54, 1.807) is 0 Å². The van der Waals surface area contributed by atoms with Crippen LogP contribution in [0.5, 0.6) is 0 Å². The van der Waals surface area contributed by atoms with Crippen LogP contribution in [0.1, 0.15) is 49.4 Å². The van der Waals surface area contributed by atoms with Crippen LogP contribution in [0.25, 0.3) is 0 Å². The van der Waals surface area contributed by atoms with Crippen molar-refractivity contribution < 1.29 is 4.79 Å². The van der Waals surface area contributed by atoms with E-state index in [1.807, 2.05) is 19.1 Å². The van der Waals surface area contributed by atoms with Gasteiger partial charge < -0.3 is 10.6 Å². The van der Waals surface area contributed by atoms with Gasteiger partial charge in [-0.15, -0.1) is 0 Å². The minimum absolute atomic E-state index is 0.0798. The van der Waals surface area contributed by atoms with E-state index in [-0.39, 0.29) is 18.0 Å². The fourth-order valence-corrected chi connectivity index (χ4v) is 3.34. The lowest BCUT2D eigenvalue weighted by Gasteiger charge is -2.36. The Balaban J connectivity index is 1.92. The van der Waals surface area contributed by atoms with Crippen LogP contribution >= 0.6 is 0 Å². The molecule has 1 amide bonds. The van der Waals surface area contributed by atoms with Gasteiger partial charge in [-0.1, -0.05) is 31.2 Å². The molecule has 1 aliphatic heterocycles. The molecular formula is C15H20N2O. The summed E-state index contributed by atoms with van der Waals surface area (Å²) in [5.74, 6) is 0.470. The van der Waals surface area contributed by atoms with Crippen molar-refractivity contribution in [3.05, 3.63) is 35.4 Å². The second-order valence-corrected chi connectivity index (χ2v) is 5.56. The molecule has 0 saturated carbocycles. The highest BCUT2D eigenvalue weighted by Crippen LogP contribution is 2.42. The lowest BCUT2D eigenvalue weighted by Crippen LogP contribution is -2.42. The highest BCUT2D eigenvalue weighted by Gasteiger charge is 2.37. The first kappa shape index (κ1) is 11.7. The minimum Gasteiger partial charge on any atom is -0.335 e. The molecule has 1 aliphatic carbocycles. The summed E-state index contributed by atoms with van der Waals surface area (Å²) in [5, 5.41) is 0. The molecule has 1 saturated heterocycles. The van der Waals surface area contributed by atoms with Gasteiger partial charge in [0.25, 0.3) is 0 Å². The maximum Gasteiger partial charge on any atom is 0.225 e. The molecule has 96 valence electrons. The first-order chi connectivity index (χ1) is 8.68. The molecule has 2 N–H and O–H groups in total. The molecule has 18 heavy (non-hydrogen) atoms. The Bertz CT molecular complexity index is 471. The molecule has 1 heterocycles. The molecule has 0 bridgehead atoms. The first-order valence-corrected chi connectivity index (χ1v) is 6.83. The number of benzene rings is 1. The third kappa shape index (κ3) is 1.74. The second-order valence-electron chi connectivity index (χ2n) is 5.56. The van der Waals surface area contributed by atoms with Gasteiger partial charge in [0.2, 0.25) is 5.91 Å². The van der Waals surface area contributed by atoms with Gasteiger partial charge in [0.1, 0.15) is 0 Å². The molecule has 2 aliphatic rings. The van der Waals surface area contributed by atoms with Crippen molar-refractivity contribution >= 4 is 5.91 Å². The van der Waals surface area contributed by atoms with Gasteiger partial charge >= 0.3 is 0 Å². The Morgan fingerprint density at radius 3 is 2.78 bits per heavy atom. The number of hydrogen-bond acceptors (Lipinski definition) is 2. The molecule has 0 radical (unpaired) electrons. The number of likely N-dealkylation sites (tertiary alicyclic amines) is 1. The Morgan fingerprint density at radius 1 is 1.28 bits per heavy atom. The van der Waals surface area contributed by atoms with E-state index in [4.69, 9.17) is 5.73 Å². The Morgan fingerprint density at radius 2 is 2.00 bits per heavy atom. The van der Waals surface area contributed by atoms with Gasteiger partial charge in [-0.25, -0.2) is 0 Å². The third-order valence-corrected chi connectivity index (χ3v) is 4.35. The molecule has 1 fully saturated rings. The van der Waals surface area contributed by atoms with E-state index < -0.39 is 0 Å². The summed E-state index contributed by atoms with van der Waals surface area (Å²) in [5.41, 5.74) is 8.66. The van der Waals surface area contributed by atoms with Crippen molar-refractivity contribution in [2.24, 2.45) is 11.7 Å². The zero-order valence-electron chi connectivity index (χ0n) is 10.8. The Hall–Kier alpha value is -1.35. The van der Waals surface area contributed by atoms with Crippen molar-refractivity contribution in [2.45, 2.75) is 38.3 Å².